The van der Waals surface area contributed by atoms with Crippen LogP contribution in [0.3, 0.4) is 0 Å². The van der Waals surface area contributed by atoms with E-state index in [0.717, 1.165) is 21.8 Å². The van der Waals surface area contributed by atoms with E-state index in [9.17, 15) is 4.79 Å². The van der Waals surface area contributed by atoms with Gasteiger partial charge in [-0.05, 0) is 36.2 Å². The molecular weight excluding hydrogens is 308 g/mol. The first kappa shape index (κ1) is 15.3. The Bertz CT molecular complexity index is 759. The zero-order valence-electron chi connectivity index (χ0n) is 12.5. The van der Waals surface area contributed by atoms with Crippen LogP contribution in [0.5, 0.6) is 0 Å². The Hall–Kier alpha value is -2.60. The van der Waals surface area contributed by atoms with Crippen molar-refractivity contribution in [3.63, 3.8) is 0 Å². The van der Waals surface area contributed by atoms with Gasteiger partial charge in [0.2, 0.25) is 5.91 Å². The lowest BCUT2D eigenvalue weighted by Crippen LogP contribution is -2.23. The van der Waals surface area contributed by atoms with Gasteiger partial charge in [-0.15, -0.1) is 11.3 Å². The van der Waals surface area contributed by atoms with Crippen LogP contribution < -0.4 is 5.32 Å². The molecule has 0 bridgehead atoms. The minimum Gasteiger partial charge on any atom is -0.352 e. The number of nitrogens with one attached hydrogen (secondary N) is 1. The van der Waals surface area contributed by atoms with Crippen molar-refractivity contribution in [2.24, 2.45) is 0 Å². The van der Waals surface area contributed by atoms with Gasteiger partial charge in [-0.2, -0.15) is 0 Å². The first-order chi connectivity index (χ1) is 11.3. The molecular formula is C17H16N4OS. The highest BCUT2D eigenvalue weighted by Crippen LogP contribution is 2.23. The van der Waals surface area contributed by atoms with Crippen molar-refractivity contribution in [3.8, 4) is 10.6 Å². The quantitative estimate of drug-likeness (QED) is 0.757. The molecule has 0 aromatic carbocycles. The number of aryl methyl sites for hydroxylation is 1. The van der Waals surface area contributed by atoms with Crippen LogP contribution in [0.25, 0.3) is 10.6 Å². The third-order valence-electron chi connectivity index (χ3n) is 3.33. The van der Waals surface area contributed by atoms with E-state index < -0.39 is 0 Å². The van der Waals surface area contributed by atoms with E-state index in [0.29, 0.717) is 19.4 Å². The maximum Gasteiger partial charge on any atom is 0.220 e. The van der Waals surface area contributed by atoms with Crippen molar-refractivity contribution in [3.05, 3.63) is 65.7 Å². The molecule has 0 unspecified atom stereocenters. The molecule has 116 valence electrons. The van der Waals surface area contributed by atoms with E-state index in [1.165, 1.54) is 0 Å². The molecule has 3 aromatic heterocycles. The Morgan fingerprint density at radius 2 is 1.74 bits per heavy atom. The molecule has 0 radical (unpaired) electrons. The third-order valence-corrected chi connectivity index (χ3v) is 4.27. The number of hydrogen-bond donors (Lipinski definition) is 1. The number of aromatic nitrogens is 3. The zero-order valence-corrected chi connectivity index (χ0v) is 13.3. The Balaban J connectivity index is 1.49. The first-order valence-corrected chi connectivity index (χ1v) is 8.19. The van der Waals surface area contributed by atoms with Gasteiger partial charge in [0.1, 0.15) is 5.01 Å². The molecule has 0 aliphatic rings. The van der Waals surface area contributed by atoms with Crippen LogP contribution in [-0.4, -0.2) is 20.9 Å². The van der Waals surface area contributed by atoms with Crippen molar-refractivity contribution in [2.45, 2.75) is 19.4 Å². The van der Waals surface area contributed by atoms with Crippen LogP contribution in [0.15, 0.2) is 54.4 Å². The minimum absolute atomic E-state index is 0.0280. The molecule has 0 saturated carbocycles. The van der Waals surface area contributed by atoms with Crippen molar-refractivity contribution in [1.29, 1.82) is 0 Å². The summed E-state index contributed by atoms with van der Waals surface area (Å²) in [6, 6.07) is 7.65. The van der Waals surface area contributed by atoms with E-state index in [-0.39, 0.29) is 5.91 Å². The molecule has 0 fully saturated rings. The topological polar surface area (TPSA) is 67.8 Å². The summed E-state index contributed by atoms with van der Waals surface area (Å²) in [5, 5.41) is 5.87. The largest absolute Gasteiger partial charge is 0.352 e. The number of carbonyl (C=O) groups excluding carboxylic acids is 1. The van der Waals surface area contributed by atoms with Gasteiger partial charge in [-0.25, -0.2) is 4.98 Å². The first-order valence-electron chi connectivity index (χ1n) is 7.31. The number of hydrogen-bond acceptors (Lipinski definition) is 5. The van der Waals surface area contributed by atoms with Gasteiger partial charge in [0.25, 0.3) is 0 Å². The highest BCUT2D eigenvalue weighted by molar-refractivity contribution is 7.13. The number of amides is 1. The lowest BCUT2D eigenvalue weighted by atomic mass is 10.2. The smallest absolute Gasteiger partial charge is 0.220 e. The number of nitrogens with zero attached hydrogens (tertiary/aromatic N) is 3. The van der Waals surface area contributed by atoms with E-state index in [1.54, 1.807) is 36.1 Å². The van der Waals surface area contributed by atoms with Gasteiger partial charge >= 0.3 is 0 Å². The van der Waals surface area contributed by atoms with Crippen molar-refractivity contribution < 1.29 is 4.79 Å². The van der Waals surface area contributed by atoms with E-state index >= 15 is 0 Å². The molecule has 0 aliphatic carbocycles. The van der Waals surface area contributed by atoms with E-state index in [2.05, 4.69) is 20.3 Å². The zero-order chi connectivity index (χ0) is 15.9. The van der Waals surface area contributed by atoms with Gasteiger partial charge in [0.05, 0.1) is 5.69 Å². The number of carbonyl (C=O) groups is 1. The highest BCUT2D eigenvalue weighted by Gasteiger charge is 2.07. The summed E-state index contributed by atoms with van der Waals surface area (Å²) in [6.07, 6.45) is 8.02. The maximum atomic E-state index is 11.9. The van der Waals surface area contributed by atoms with Gasteiger partial charge in [0.15, 0.2) is 0 Å². The summed E-state index contributed by atoms with van der Waals surface area (Å²) in [6.45, 7) is 0.528. The van der Waals surface area contributed by atoms with Crippen LogP contribution in [0.4, 0.5) is 0 Å². The molecule has 0 saturated heterocycles. The standard InChI is InChI=1S/C17H16N4OS/c22-16(20-11-13-3-7-18-8-4-13)2-1-15-12-23-17(21-15)14-5-9-19-10-6-14/h3-10,12H,1-2,11H2,(H,20,22). The predicted molar refractivity (Wildman–Crippen MR) is 89.7 cm³/mol. The minimum atomic E-state index is 0.0280. The molecule has 3 heterocycles. The van der Waals surface area contributed by atoms with Crippen LogP contribution in [-0.2, 0) is 17.8 Å². The maximum absolute atomic E-state index is 11.9. The molecule has 0 atom stereocenters. The summed E-state index contributed by atoms with van der Waals surface area (Å²) in [5.74, 6) is 0.0280. The Morgan fingerprint density at radius 1 is 1.04 bits per heavy atom. The summed E-state index contributed by atoms with van der Waals surface area (Å²) in [7, 11) is 0. The molecule has 0 spiro atoms. The molecule has 3 aromatic rings. The fourth-order valence-electron chi connectivity index (χ4n) is 2.08. The summed E-state index contributed by atoms with van der Waals surface area (Å²) >= 11 is 1.59. The lowest BCUT2D eigenvalue weighted by Gasteiger charge is -2.04. The van der Waals surface area contributed by atoms with Gasteiger partial charge in [-0.3, -0.25) is 14.8 Å². The second-order valence-corrected chi connectivity index (χ2v) is 5.87. The second kappa shape index (κ2) is 7.60. The average Bonchev–Trinajstić information content (AvgIpc) is 3.09. The fraction of sp³-hybridized carbons (Fsp3) is 0.176. The van der Waals surface area contributed by atoms with Gasteiger partial charge in [-0.1, -0.05) is 0 Å². The molecule has 1 amide bonds. The van der Waals surface area contributed by atoms with Crippen molar-refractivity contribution in [1.82, 2.24) is 20.3 Å². The van der Waals surface area contributed by atoms with E-state index in [4.69, 9.17) is 0 Å². The number of pyridine rings is 2. The summed E-state index contributed by atoms with van der Waals surface area (Å²) < 4.78 is 0. The van der Waals surface area contributed by atoms with Crippen molar-refractivity contribution in [2.75, 3.05) is 0 Å². The monoisotopic (exact) mass is 324 g/mol. The van der Waals surface area contributed by atoms with Crippen LogP contribution in [0, 0.1) is 0 Å². The molecule has 23 heavy (non-hydrogen) atoms. The Kier molecular flexibility index (Phi) is 5.06. The van der Waals surface area contributed by atoms with E-state index in [1.807, 2.05) is 29.6 Å². The van der Waals surface area contributed by atoms with Crippen LogP contribution in [0.1, 0.15) is 17.7 Å². The molecule has 1 N–H and O–H groups in total. The van der Waals surface area contributed by atoms with Gasteiger partial charge in [0, 0.05) is 48.7 Å². The Morgan fingerprint density at radius 3 is 2.48 bits per heavy atom. The second-order valence-electron chi connectivity index (χ2n) is 5.01. The normalized spacial score (nSPS) is 10.4. The predicted octanol–water partition coefficient (Wildman–Crippen LogP) is 2.85. The van der Waals surface area contributed by atoms with Crippen molar-refractivity contribution >= 4 is 17.2 Å². The highest BCUT2D eigenvalue weighted by atomic mass is 32.1. The van der Waals surface area contributed by atoms with Crippen LogP contribution in [0.2, 0.25) is 0 Å². The van der Waals surface area contributed by atoms with Gasteiger partial charge < -0.3 is 5.32 Å². The summed E-state index contributed by atoms with van der Waals surface area (Å²) in [5.41, 5.74) is 3.04. The average molecular weight is 324 g/mol. The summed E-state index contributed by atoms with van der Waals surface area (Å²) in [4.78, 5) is 24.4. The Labute approximate surface area is 138 Å². The molecule has 3 rings (SSSR count). The molecule has 0 aliphatic heterocycles. The number of rotatable bonds is 6. The molecule has 5 nitrogen and oxygen atoms in total. The molecule has 6 heteroatoms. The number of thiazole rings is 1. The third kappa shape index (κ3) is 4.43. The fourth-order valence-corrected chi connectivity index (χ4v) is 2.94. The lowest BCUT2D eigenvalue weighted by molar-refractivity contribution is -0.121. The SMILES string of the molecule is O=C(CCc1csc(-c2ccncc2)n1)NCc1ccncc1. The van der Waals surface area contributed by atoms with Crippen LogP contribution >= 0.6 is 11.3 Å².